The van der Waals surface area contributed by atoms with E-state index in [-0.39, 0.29) is 18.1 Å². The second kappa shape index (κ2) is 9.48. The molecule has 2 atom stereocenters. The van der Waals surface area contributed by atoms with Crippen LogP contribution in [0.5, 0.6) is 0 Å². The van der Waals surface area contributed by atoms with E-state index in [1.807, 2.05) is 16.2 Å². The summed E-state index contributed by atoms with van der Waals surface area (Å²) in [6.07, 6.45) is 7.97. The maximum atomic E-state index is 12.3. The van der Waals surface area contributed by atoms with Crippen LogP contribution in [0, 0.1) is 0 Å². The Morgan fingerprint density at radius 1 is 1.39 bits per heavy atom. The molecular weight excluding hydrogens is 410 g/mol. The summed E-state index contributed by atoms with van der Waals surface area (Å²) in [4.78, 5) is 19.5. The molecule has 4 N–H and O–H groups in total. The highest BCUT2D eigenvalue weighted by Gasteiger charge is 2.44. The maximum Gasteiger partial charge on any atom is 0.243 e. The number of aryl methyl sites for hydroxylation is 1. The number of rotatable bonds is 6. The van der Waals surface area contributed by atoms with Gasteiger partial charge in [0.1, 0.15) is 6.54 Å². The quantitative estimate of drug-likeness (QED) is 0.513. The van der Waals surface area contributed by atoms with E-state index in [0.29, 0.717) is 18.3 Å². The summed E-state index contributed by atoms with van der Waals surface area (Å²) in [5, 5.41) is 1.43. The van der Waals surface area contributed by atoms with Crippen LogP contribution in [0.3, 0.4) is 0 Å². The number of carbonyl (C=O) groups excluding carboxylic acids is 1. The van der Waals surface area contributed by atoms with E-state index in [1.165, 1.54) is 20.3 Å². The number of nitrogens with two attached hydrogens (primary N) is 2. The molecule has 3 aliphatic heterocycles. The lowest BCUT2D eigenvalue weighted by molar-refractivity contribution is -0.130. The van der Waals surface area contributed by atoms with Crippen LogP contribution in [0.4, 0.5) is 0 Å². The number of fused-ring (bicyclic) bond motifs is 2. The first kappa shape index (κ1) is 22.6. The summed E-state index contributed by atoms with van der Waals surface area (Å²) in [7, 11) is 0. The van der Waals surface area contributed by atoms with E-state index in [9.17, 15) is 4.79 Å². The van der Waals surface area contributed by atoms with Crippen LogP contribution >= 0.6 is 11.3 Å². The second-order valence-electron chi connectivity index (χ2n) is 9.23. The largest absolute Gasteiger partial charge is 0.400 e. The average molecular weight is 448 g/mol. The van der Waals surface area contributed by atoms with Crippen LogP contribution < -0.4 is 11.6 Å². The zero-order chi connectivity index (χ0) is 22.0. The molecule has 31 heavy (non-hydrogen) atoms. The lowest BCUT2D eigenvalue weighted by Crippen LogP contribution is -2.51. The molecule has 2 fully saturated rings. The van der Waals surface area contributed by atoms with Crippen molar-refractivity contribution < 1.29 is 9.53 Å². The second-order valence-corrected chi connectivity index (χ2v) is 10.5. The molecule has 0 unspecified atom stereocenters. The normalized spacial score (nSPS) is 27.0. The Bertz CT molecular complexity index is 819. The molecule has 8 heteroatoms. The van der Waals surface area contributed by atoms with Gasteiger partial charge in [0.05, 0.1) is 12.2 Å². The highest BCUT2D eigenvalue weighted by molar-refractivity contribution is 7.12. The molecule has 0 bridgehead atoms. The predicted octanol–water partition coefficient (Wildman–Crippen LogP) is 2.16. The van der Waals surface area contributed by atoms with E-state index in [2.05, 4.69) is 24.8 Å². The van der Waals surface area contributed by atoms with Crippen LogP contribution in [-0.2, 0) is 28.0 Å². The molecule has 3 aliphatic rings. The molecule has 1 spiro atoms. The molecule has 2 saturated heterocycles. The van der Waals surface area contributed by atoms with Gasteiger partial charge in [-0.25, -0.2) is 5.84 Å². The van der Waals surface area contributed by atoms with Crippen molar-refractivity contribution in [2.45, 2.75) is 64.0 Å². The summed E-state index contributed by atoms with van der Waals surface area (Å²) in [6.45, 7) is 8.75. The molecule has 4 rings (SSSR count). The van der Waals surface area contributed by atoms with Crippen LogP contribution in [0.25, 0.3) is 0 Å². The van der Waals surface area contributed by atoms with Crippen LogP contribution in [0.15, 0.2) is 18.0 Å². The molecule has 1 aromatic rings. The lowest BCUT2D eigenvalue weighted by atomic mass is 9.79. The number of carbonyl (C=O) groups is 1. The fraction of sp³-hybridized carbons (Fsp3) is 0.696. The molecule has 0 aliphatic carbocycles. The Balaban J connectivity index is 1.35. The van der Waals surface area contributed by atoms with Gasteiger partial charge < -0.3 is 20.4 Å². The van der Waals surface area contributed by atoms with Crippen molar-refractivity contribution in [3.05, 3.63) is 33.3 Å². The van der Waals surface area contributed by atoms with Crippen molar-refractivity contribution in [3.8, 4) is 0 Å². The first-order valence-electron chi connectivity index (χ1n) is 11.7. The van der Waals surface area contributed by atoms with Gasteiger partial charge in [-0.1, -0.05) is 6.92 Å². The summed E-state index contributed by atoms with van der Waals surface area (Å²) >= 11 is 1.96. The van der Waals surface area contributed by atoms with Crippen LogP contribution in [0.1, 0.15) is 54.8 Å². The number of hydrogen-bond donors (Lipinski definition) is 2. The first-order valence-corrected chi connectivity index (χ1v) is 12.5. The van der Waals surface area contributed by atoms with Crippen molar-refractivity contribution in [1.82, 2.24) is 14.8 Å². The van der Waals surface area contributed by atoms with Gasteiger partial charge in [0.25, 0.3) is 0 Å². The third kappa shape index (κ3) is 4.92. The van der Waals surface area contributed by atoms with Gasteiger partial charge in [0.15, 0.2) is 0 Å². The predicted molar refractivity (Wildman–Crippen MR) is 124 cm³/mol. The molecule has 1 amide bonds. The minimum Gasteiger partial charge on any atom is -0.400 e. The summed E-state index contributed by atoms with van der Waals surface area (Å²) < 4.78 is 6.44. The zero-order valence-electron chi connectivity index (χ0n) is 18.9. The van der Waals surface area contributed by atoms with E-state index in [0.717, 1.165) is 64.8 Å². The van der Waals surface area contributed by atoms with Crippen molar-refractivity contribution in [1.29, 1.82) is 0 Å². The fourth-order valence-corrected chi connectivity index (χ4v) is 6.44. The van der Waals surface area contributed by atoms with Crippen LogP contribution in [-0.4, -0.2) is 66.1 Å². The molecule has 7 nitrogen and oxygen atoms in total. The van der Waals surface area contributed by atoms with Crippen LogP contribution in [0.2, 0.25) is 0 Å². The highest BCUT2D eigenvalue weighted by Crippen LogP contribution is 2.46. The molecule has 1 aromatic heterocycles. The summed E-state index contributed by atoms with van der Waals surface area (Å²) in [5.41, 5.74) is 8.29. The number of hydrazine groups is 1. The van der Waals surface area contributed by atoms with Gasteiger partial charge in [-0.3, -0.25) is 9.69 Å². The van der Waals surface area contributed by atoms with Gasteiger partial charge in [-0.15, -0.1) is 11.3 Å². The van der Waals surface area contributed by atoms with E-state index >= 15 is 0 Å². The van der Waals surface area contributed by atoms with Gasteiger partial charge in [-0.2, -0.15) is 0 Å². The number of likely N-dealkylation sites (tertiary alicyclic amines) is 2. The topological polar surface area (TPSA) is 88.1 Å². The van der Waals surface area contributed by atoms with Crippen molar-refractivity contribution in [2.75, 3.05) is 39.3 Å². The van der Waals surface area contributed by atoms with Gasteiger partial charge >= 0.3 is 0 Å². The van der Waals surface area contributed by atoms with Crippen molar-refractivity contribution in [2.24, 2.45) is 11.6 Å². The Labute approximate surface area is 190 Å². The summed E-state index contributed by atoms with van der Waals surface area (Å²) in [6, 6.07) is 2.74. The Morgan fingerprint density at radius 3 is 2.87 bits per heavy atom. The highest BCUT2D eigenvalue weighted by atomic mass is 32.1. The molecule has 172 valence electrons. The zero-order valence-corrected chi connectivity index (χ0v) is 19.8. The molecule has 4 heterocycles. The number of thiophene rings is 1. The number of ether oxygens (including phenoxy) is 1. The maximum absolute atomic E-state index is 12.3. The SMILES string of the molecule is CCc1cc2c(s1)CCO[C@@]21CCN(C/C(N)=C/N(N)CC(=O)N2CCCC2)[C@@H](C)C1. The molecule has 0 saturated carbocycles. The summed E-state index contributed by atoms with van der Waals surface area (Å²) in [5.74, 6) is 6.13. The number of piperidine rings is 1. The smallest absolute Gasteiger partial charge is 0.243 e. The van der Waals surface area contributed by atoms with E-state index in [1.54, 1.807) is 6.20 Å². The third-order valence-electron chi connectivity index (χ3n) is 6.95. The van der Waals surface area contributed by atoms with Gasteiger partial charge in [-0.05, 0) is 50.7 Å². The van der Waals surface area contributed by atoms with E-state index in [4.69, 9.17) is 16.3 Å². The van der Waals surface area contributed by atoms with Gasteiger partial charge in [0, 0.05) is 60.3 Å². The van der Waals surface area contributed by atoms with Crippen molar-refractivity contribution in [3.63, 3.8) is 0 Å². The number of nitrogens with zero attached hydrogens (tertiary/aromatic N) is 3. The average Bonchev–Trinajstić information content (AvgIpc) is 3.40. The van der Waals surface area contributed by atoms with E-state index < -0.39 is 0 Å². The standard InChI is InChI=1S/C23H37N5O2S/c1-3-19-12-20-21(31-19)6-11-30-23(20)7-10-27(17(2)13-23)14-18(24)15-28(25)16-22(29)26-8-4-5-9-26/h12,15,17H,3-11,13-14,16,24-25H2,1-2H3/b18-15-/t17-,23+/m0/s1. The minimum atomic E-state index is -0.145. The monoisotopic (exact) mass is 447 g/mol. The minimum absolute atomic E-state index is 0.0739. The van der Waals surface area contributed by atoms with Gasteiger partial charge in [0.2, 0.25) is 5.91 Å². The first-order chi connectivity index (χ1) is 14.9. The fourth-order valence-electron chi connectivity index (χ4n) is 5.27. The third-order valence-corrected chi connectivity index (χ3v) is 8.29. The number of amides is 1. The molecular formula is C23H37N5O2S. The molecule has 0 radical (unpaired) electrons. The number of hydrogen-bond acceptors (Lipinski definition) is 7. The van der Waals surface area contributed by atoms with Crippen molar-refractivity contribution >= 4 is 17.2 Å². The Kier molecular flexibility index (Phi) is 6.91. The Morgan fingerprint density at radius 2 is 2.16 bits per heavy atom. The lowest BCUT2D eigenvalue weighted by Gasteiger charge is -2.47. The Hall–Kier alpha value is -1.61. The molecule has 0 aromatic carbocycles.